The van der Waals surface area contributed by atoms with E-state index in [-0.39, 0.29) is 29.6 Å². The molecule has 0 spiro atoms. The van der Waals surface area contributed by atoms with Crippen molar-refractivity contribution in [2.24, 2.45) is 5.16 Å². The van der Waals surface area contributed by atoms with E-state index in [1.165, 1.54) is 27.2 Å². The summed E-state index contributed by atoms with van der Waals surface area (Å²) in [5, 5.41) is 23.1. The monoisotopic (exact) mass is 298 g/mol. The van der Waals surface area contributed by atoms with Gasteiger partial charge >= 0.3 is 0 Å². The van der Waals surface area contributed by atoms with Gasteiger partial charge in [0.25, 0.3) is 6.04 Å². The lowest BCUT2D eigenvalue weighted by molar-refractivity contribution is -0.498. The van der Waals surface area contributed by atoms with Crippen molar-refractivity contribution >= 4 is 5.71 Å². The molecule has 1 aliphatic rings. The number of hydrogen-bond donors (Lipinski definition) is 1. The van der Waals surface area contributed by atoms with E-state index in [0.717, 1.165) is 0 Å². The van der Waals surface area contributed by atoms with Crippen LogP contribution in [0, 0.1) is 10.1 Å². The van der Waals surface area contributed by atoms with Gasteiger partial charge in [-0.25, -0.2) is 0 Å². The molecule has 0 saturated heterocycles. The molecule has 1 N–H and O–H groups in total. The Kier molecular flexibility index (Phi) is 4.01. The first kappa shape index (κ1) is 14.7. The molecule has 0 aromatic heterocycles. The number of ether oxygens (including phenoxy) is 4. The molecule has 1 atom stereocenters. The van der Waals surface area contributed by atoms with Crippen molar-refractivity contribution in [2.45, 2.75) is 13.0 Å². The van der Waals surface area contributed by atoms with Gasteiger partial charge in [0.2, 0.25) is 18.3 Å². The van der Waals surface area contributed by atoms with Crippen molar-refractivity contribution in [2.75, 3.05) is 21.0 Å². The van der Waals surface area contributed by atoms with Gasteiger partial charge in [0.05, 0.1) is 19.8 Å². The van der Waals surface area contributed by atoms with Gasteiger partial charge in [0.15, 0.2) is 17.2 Å². The minimum atomic E-state index is -1.24. The quantitative estimate of drug-likeness (QED) is 0.377. The van der Waals surface area contributed by atoms with Crippen LogP contribution >= 0.6 is 0 Å². The minimum Gasteiger partial charge on any atom is -0.492 e. The molecule has 0 bridgehead atoms. The minimum absolute atomic E-state index is 0.00527. The topological polar surface area (TPSA) is 113 Å². The zero-order valence-corrected chi connectivity index (χ0v) is 11.7. The number of nitro groups is 1. The second kappa shape index (κ2) is 5.73. The summed E-state index contributed by atoms with van der Waals surface area (Å²) < 4.78 is 21.0. The van der Waals surface area contributed by atoms with E-state index >= 15 is 0 Å². The summed E-state index contributed by atoms with van der Waals surface area (Å²) in [6.45, 7) is 1.29. The van der Waals surface area contributed by atoms with Crippen LogP contribution in [-0.4, -0.2) is 42.9 Å². The fourth-order valence-corrected chi connectivity index (χ4v) is 2.04. The number of methoxy groups -OCH3 is 2. The molecule has 1 aliphatic heterocycles. The summed E-state index contributed by atoms with van der Waals surface area (Å²) in [6, 6.07) is 0.215. The van der Waals surface area contributed by atoms with Crippen molar-refractivity contribution in [3.8, 4) is 23.0 Å². The Labute approximate surface area is 119 Å². The SMILES string of the molecule is COc1c(/C(=N/O)[C@@H](C)[N+](=O)[O-])cc2c(c1OC)OCO2. The molecule has 21 heavy (non-hydrogen) atoms. The first-order valence-electron chi connectivity index (χ1n) is 5.95. The summed E-state index contributed by atoms with van der Waals surface area (Å²) in [7, 11) is 2.77. The lowest BCUT2D eigenvalue weighted by Crippen LogP contribution is -2.27. The highest BCUT2D eigenvalue weighted by molar-refractivity contribution is 6.06. The van der Waals surface area contributed by atoms with E-state index in [0.29, 0.717) is 11.5 Å². The van der Waals surface area contributed by atoms with E-state index in [1.807, 2.05) is 0 Å². The lowest BCUT2D eigenvalue weighted by Gasteiger charge is -2.15. The van der Waals surface area contributed by atoms with Crippen molar-refractivity contribution in [3.05, 3.63) is 21.7 Å². The molecule has 0 amide bonds. The summed E-state index contributed by atoms with van der Waals surface area (Å²) >= 11 is 0. The van der Waals surface area contributed by atoms with E-state index in [2.05, 4.69) is 5.16 Å². The van der Waals surface area contributed by atoms with Crippen LogP contribution in [0.4, 0.5) is 0 Å². The molecule has 1 aromatic rings. The van der Waals surface area contributed by atoms with E-state index in [1.54, 1.807) is 0 Å². The molecular weight excluding hydrogens is 284 g/mol. The predicted octanol–water partition coefficient (Wildman–Crippen LogP) is 1.28. The fourth-order valence-electron chi connectivity index (χ4n) is 2.04. The summed E-state index contributed by atoms with van der Waals surface area (Å²) in [5.41, 5.74) is 0.0266. The number of hydrogen-bond acceptors (Lipinski definition) is 8. The van der Waals surface area contributed by atoms with E-state index < -0.39 is 11.0 Å². The van der Waals surface area contributed by atoms with Gasteiger partial charge in [-0.2, -0.15) is 0 Å². The standard InChI is InChI=1S/C12H14N2O7/c1-6(14(16)17)9(13-15)7-4-8-11(21-5-20-8)12(19-3)10(7)18-2/h4,6,15H,5H2,1-3H3/b13-9+/t6-/m1/s1. The molecular formula is C12H14N2O7. The lowest BCUT2D eigenvalue weighted by atomic mass is 10.0. The average Bonchev–Trinajstić information content (AvgIpc) is 2.94. The molecule has 114 valence electrons. The van der Waals surface area contributed by atoms with Gasteiger partial charge in [0, 0.05) is 11.8 Å². The van der Waals surface area contributed by atoms with Crippen LogP contribution in [0.3, 0.4) is 0 Å². The second-order valence-electron chi connectivity index (χ2n) is 4.17. The number of benzene rings is 1. The molecule has 0 saturated carbocycles. The molecule has 0 radical (unpaired) electrons. The molecule has 0 unspecified atom stereocenters. The largest absolute Gasteiger partial charge is 0.492 e. The molecule has 0 aliphatic carbocycles. The van der Waals surface area contributed by atoms with Crippen LogP contribution in [0.25, 0.3) is 0 Å². The van der Waals surface area contributed by atoms with Gasteiger partial charge in [0.1, 0.15) is 0 Å². The molecule has 1 aromatic carbocycles. The van der Waals surface area contributed by atoms with Crippen LogP contribution in [0.5, 0.6) is 23.0 Å². The number of rotatable bonds is 5. The summed E-state index contributed by atoms with van der Waals surface area (Å²) in [6.07, 6.45) is 0. The van der Waals surface area contributed by atoms with Crippen molar-refractivity contribution in [1.82, 2.24) is 0 Å². The van der Waals surface area contributed by atoms with Crippen molar-refractivity contribution in [3.63, 3.8) is 0 Å². The molecule has 0 fully saturated rings. The third kappa shape index (κ3) is 2.37. The van der Waals surface area contributed by atoms with E-state index in [4.69, 9.17) is 24.2 Å². The third-order valence-electron chi connectivity index (χ3n) is 3.08. The van der Waals surface area contributed by atoms with Crippen molar-refractivity contribution < 1.29 is 29.1 Å². The average molecular weight is 298 g/mol. The highest BCUT2D eigenvalue weighted by Crippen LogP contribution is 2.49. The Bertz CT molecular complexity index is 600. The summed E-state index contributed by atoms with van der Waals surface area (Å²) in [4.78, 5) is 10.4. The van der Waals surface area contributed by atoms with Crippen LogP contribution in [0.2, 0.25) is 0 Å². The Morgan fingerprint density at radius 1 is 1.43 bits per heavy atom. The number of nitrogens with zero attached hydrogens (tertiary/aromatic N) is 2. The van der Waals surface area contributed by atoms with Gasteiger partial charge in [-0.3, -0.25) is 10.1 Å². The normalized spacial score (nSPS) is 14.7. The number of oxime groups is 1. The third-order valence-corrected chi connectivity index (χ3v) is 3.08. The highest BCUT2D eigenvalue weighted by Gasteiger charge is 2.33. The molecule has 9 heteroatoms. The van der Waals surface area contributed by atoms with Crippen LogP contribution in [-0.2, 0) is 0 Å². The maximum absolute atomic E-state index is 10.9. The van der Waals surface area contributed by atoms with Gasteiger partial charge in [-0.05, 0) is 6.07 Å². The van der Waals surface area contributed by atoms with E-state index in [9.17, 15) is 10.1 Å². The Hall–Kier alpha value is -2.71. The highest BCUT2D eigenvalue weighted by atomic mass is 16.7. The first-order valence-corrected chi connectivity index (χ1v) is 5.95. The van der Waals surface area contributed by atoms with Crippen LogP contribution in [0.15, 0.2) is 11.2 Å². The fraction of sp³-hybridized carbons (Fsp3) is 0.417. The summed E-state index contributed by atoms with van der Waals surface area (Å²) in [5.74, 6) is 1.06. The smallest absolute Gasteiger partial charge is 0.255 e. The predicted molar refractivity (Wildman–Crippen MR) is 70.4 cm³/mol. The zero-order chi connectivity index (χ0) is 15.6. The Morgan fingerprint density at radius 2 is 2.10 bits per heavy atom. The van der Waals surface area contributed by atoms with Crippen LogP contribution in [0.1, 0.15) is 12.5 Å². The molecule has 9 nitrogen and oxygen atoms in total. The zero-order valence-electron chi connectivity index (χ0n) is 11.7. The number of fused-ring (bicyclic) bond motifs is 1. The molecule has 2 rings (SSSR count). The maximum atomic E-state index is 10.9. The van der Waals surface area contributed by atoms with Crippen molar-refractivity contribution in [1.29, 1.82) is 0 Å². The van der Waals surface area contributed by atoms with Gasteiger partial charge in [-0.15, -0.1) is 0 Å². The first-order chi connectivity index (χ1) is 10.0. The van der Waals surface area contributed by atoms with Gasteiger partial charge < -0.3 is 24.2 Å². The maximum Gasteiger partial charge on any atom is 0.255 e. The Morgan fingerprint density at radius 3 is 2.62 bits per heavy atom. The van der Waals surface area contributed by atoms with Gasteiger partial charge in [-0.1, -0.05) is 5.16 Å². The van der Waals surface area contributed by atoms with Crippen LogP contribution < -0.4 is 18.9 Å². The second-order valence-corrected chi connectivity index (χ2v) is 4.17. The molecule has 1 heterocycles. The Balaban J connectivity index is 2.65.